The van der Waals surface area contributed by atoms with Crippen LogP contribution in [0.4, 0.5) is 0 Å². The van der Waals surface area contributed by atoms with Gasteiger partial charge in [0, 0.05) is 61.2 Å². The van der Waals surface area contributed by atoms with Crippen LogP contribution in [0.3, 0.4) is 0 Å². The molecule has 0 N–H and O–H groups in total. The molecule has 0 saturated heterocycles. The van der Waals surface area contributed by atoms with E-state index in [0.717, 1.165) is 95.9 Å². The van der Waals surface area contributed by atoms with Crippen molar-refractivity contribution in [2.24, 2.45) is 0 Å². The second-order valence-electron chi connectivity index (χ2n) is 26.8. The summed E-state index contributed by atoms with van der Waals surface area (Å²) in [6.45, 7) is 55.5. The molecular weight excluding hydrogens is 1490 g/mol. The van der Waals surface area contributed by atoms with Crippen molar-refractivity contribution < 1.29 is 0 Å². The highest BCUT2D eigenvalue weighted by atomic mass is 14.4. The highest BCUT2D eigenvalue weighted by molar-refractivity contribution is 5.96. The van der Waals surface area contributed by atoms with Crippen LogP contribution in [0.25, 0.3) is 89.0 Å². The Balaban J connectivity index is 0.000000271. The van der Waals surface area contributed by atoms with Crippen molar-refractivity contribution in [1.82, 2.24) is 0 Å². The normalized spacial score (nSPS) is 10.5. The van der Waals surface area contributed by atoms with E-state index >= 15 is 0 Å². The summed E-state index contributed by atoms with van der Waals surface area (Å²) in [7, 11) is 0. The number of benzene rings is 12. The zero-order valence-corrected chi connectivity index (χ0v) is 80.4. The molecule has 8 aliphatic rings. The zero-order valence-electron chi connectivity index (χ0n) is 80.4. The number of terminal acetylenes is 4. The third-order valence-corrected chi connectivity index (χ3v) is 21.6. The second-order valence-corrected chi connectivity index (χ2v) is 26.8. The van der Waals surface area contributed by atoms with Crippen LogP contribution >= 0.6 is 0 Å². The fourth-order valence-corrected chi connectivity index (χ4v) is 17.4. The molecular formula is C124H136. The lowest BCUT2D eigenvalue weighted by atomic mass is 9.93. The molecule has 20 rings (SSSR count). The Bertz CT molecular complexity index is 6090. The van der Waals surface area contributed by atoms with Crippen molar-refractivity contribution in [2.45, 2.75) is 245 Å². The zero-order chi connectivity index (χ0) is 91.9. The van der Waals surface area contributed by atoms with Gasteiger partial charge in [-0.3, -0.25) is 0 Å². The number of hydrogen-bond donors (Lipinski definition) is 0. The average molecular weight is 1630 g/mol. The van der Waals surface area contributed by atoms with Crippen LogP contribution in [0.5, 0.6) is 0 Å². The Morgan fingerprint density at radius 1 is 0.177 bits per heavy atom. The lowest BCUT2D eigenvalue weighted by Crippen LogP contribution is -1.91. The predicted molar refractivity (Wildman–Crippen MR) is 550 cm³/mol. The van der Waals surface area contributed by atoms with Crippen LogP contribution in [0.2, 0.25) is 0 Å². The molecule has 0 unspecified atom stereocenters. The van der Waals surface area contributed by atoms with Gasteiger partial charge in [-0.15, -0.1) is 49.4 Å². The van der Waals surface area contributed by atoms with E-state index in [0.29, 0.717) is 0 Å². The molecule has 0 heteroatoms. The van der Waals surface area contributed by atoms with E-state index in [9.17, 15) is 0 Å². The molecule has 0 nitrogen and oxygen atoms in total. The van der Waals surface area contributed by atoms with E-state index in [4.69, 9.17) is 25.7 Å². The van der Waals surface area contributed by atoms with Crippen LogP contribution in [0, 0.1) is 96.7 Å². The SMILES string of the molecule is C#Cc1cc2c(cc1C#CC)-c1c(ccc3c1Cc1ccccc1-3)C2.C#Cc1ccc2c(c1C#CC)-c1cc3c(cc1C2)Cc1ccccc1-3.C#Cc1ccc2c(c1C#CC)-c1ccc3c(c1C2)-c1ccccc1C3.C#Cc1ccc2c(c1C#CC)-c1ccc3c(c1C2)Cc1ccccc1-3.CC.CC.CC.CC.CC.CC.CC.CC.CC.CC.CC.CC. The Hall–Kier alpha value is -12.9. The summed E-state index contributed by atoms with van der Waals surface area (Å²) >= 11 is 0. The summed E-state index contributed by atoms with van der Waals surface area (Å²) in [6.07, 6.45) is 30.9. The minimum atomic E-state index is 0.891. The molecule has 0 aromatic heterocycles. The molecule has 12 aromatic carbocycles. The molecule has 0 saturated carbocycles. The van der Waals surface area contributed by atoms with E-state index in [1.165, 1.54) is 178 Å². The van der Waals surface area contributed by atoms with Gasteiger partial charge in [0.05, 0.1) is 0 Å². The molecule has 0 atom stereocenters. The van der Waals surface area contributed by atoms with Gasteiger partial charge in [0.25, 0.3) is 0 Å². The van der Waals surface area contributed by atoms with Gasteiger partial charge in [-0.2, -0.15) is 0 Å². The molecule has 0 bridgehead atoms. The van der Waals surface area contributed by atoms with Gasteiger partial charge in [-0.05, 0) is 277 Å². The first-order valence-corrected chi connectivity index (χ1v) is 46.4. The molecule has 0 spiro atoms. The fraction of sp³-hybridized carbons (Fsp3) is 0.290. The van der Waals surface area contributed by atoms with Gasteiger partial charge in [-0.25, -0.2) is 0 Å². The smallest absolute Gasteiger partial charge is 0.0483 e. The highest BCUT2D eigenvalue weighted by Crippen LogP contribution is 2.53. The Morgan fingerprint density at radius 2 is 0.444 bits per heavy atom. The van der Waals surface area contributed by atoms with Gasteiger partial charge in [0.1, 0.15) is 0 Å². The minimum absolute atomic E-state index is 0.891. The van der Waals surface area contributed by atoms with Gasteiger partial charge >= 0.3 is 0 Å². The van der Waals surface area contributed by atoms with Gasteiger partial charge in [-0.1, -0.05) is 371 Å². The van der Waals surface area contributed by atoms with Crippen molar-refractivity contribution in [2.75, 3.05) is 0 Å². The first-order chi connectivity index (χ1) is 61.2. The maximum absolute atomic E-state index is 5.73. The largest absolute Gasteiger partial charge is 0.115 e. The second kappa shape index (κ2) is 51.8. The van der Waals surface area contributed by atoms with Crippen LogP contribution < -0.4 is 0 Å². The molecule has 0 aliphatic heterocycles. The molecule has 0 radical (unpaired) electrons. The first-order valence-electron chi connectivity index (χ1n) is 46.4. The Morgan fingerprint density at radius 3 is 0.895 bits per heavy atom. The van der Waals surface area contributed by atoms with Crippen molar-refractivity contribution in [3.63, 3.8) is 0 Å². The topological polar surface area (TPSA) is 0 Å². The standard InChI is InChI=1S/4C25H16.12C2H6/c1-3-7-17-14-23-20(12-16(17)4-2)13-19-10-11-22-21-9-6-5-8-18(21)15-24(22)25(19)23;1-3-7-22-16(4-2)10-11-18-13-20-14-19-12-17-8-5-6-9-21(17)23(19)15-24(20)25(18)22;1-3-7-20-16(4-2)10-11-19-15-23-22(24(19)20)13-12-18-14-17-8-5-6-9-21(17)25(18)23;1-3-7-20-16(4-2)10-11-18-15-24-22(25(18)20)13-12-21-19-9-6-5-8-17(19)14-23(21)24;12*1-2/h2,5-6,8-12,14H,13,15H2,1H3;2,5-6,8-11,14-15H,12-13H2,1H3;2*2,5-6,8-13H,14-15H2,1H3;12*1-2H3. The maximum atomic E-state index is 5.73. The molecule has 0 amide bonds. The van der Waals surface area contributed by atoms with Crippen LogP contribution in [0.1, 0.15) is 327 Å². The fourth-order valence-electron chi connectivity index (χ4n) is 17.4. The number of fused-ring (bicyclic) bond motifs is 27. The van der Waals surface area contributed by atoms with Crippen molar-refractivity contribution in [3.05, 3.63) is 328 Å². The van der Waals surface area contributed by atoms with Crippen LogP contribution in [0.15, 0.2) is 194 Å². The molecule has 0 fully saturated rings. The predicted octanol–water partition coefficient (Wildman–Crippen LogP) is 33.0. The summed E-state index contributed by atoms with van der Waals surface area (Å²) in [6, 6.07) is 70.4. The van der Waals surface area contributed by atoms with E-state index in [2.05, 4.69) is 247 Å². The van der Waals surface area contributed by atoms with Crippen LogP contribution in [-0.2, 0) is 51.4 Å². The minimum Gasteiger partial charge on any atom is -0.115 e. The van der Waals surface area contributed by atoms with Gasteiger partial charge < -0.3 is 0 Å². The van der Waals surface area contributed by atoms with Crippen molar-refractivity contribution in [3.8, 4) is 186 Å². The van der Waals surface area contributed by atoms with E-state index < -0.39 is 0 Å². The van der Waals surface area contributed by atoms with E-state index in [-0.39, 0.29) is 0 Å². The highest BCUT2D eigenvalue weighted by Gasteiger charge is 2.34. The monoisotopic (exact) mass is 1630 g/mol. The molecule has 632 valence electrons. The maximum Gasteiger partial charge on any atom is 0.0483 e. The lowest BCUT2D eigenvalue weighted by Gasteiger charge is -2.10. The molecule has 8 aliphatic carbocycles. The van der Waals surface area contributed by atoms with Crippen molar-refractivity contribution in [1.29, 1.82) is 0 Å². The summed E-state index contributed by atoms with van der Waals surface area (Å²) in [4.78, 5) is 0. The number of hydrogen-bond acceptors (Lipinski definition) is 0. The number of rotatable bonds is 0. The third-order valence-electron chi connectivity index (χ3n) is 21.6. The summed E-state index contributed by atoms with van der Waals surface area (Å²) in [5.74, 6) is 36.3. The molecule has 12 aromatic rings. The first kappa shape index (κ1) is 102. The quantitative estimate of drug-likeness (QED) is 0.133. The van der Waals surface area contributed by atoms with Gasteiger partial charge in [0.2, 0.25) is 0 Å². The third kappa shape index (κ3) is 20.6. The Labute approximate surface area is 753 Å². The van der Waals surface area contributed by atoms with Gasteiger partial charge in [0.15, 0.2) is 0 Å². The molecule has 124 heavy (non-hydrogen) atoms. The summed E-state index contributed by atoms with van der Waals surface area (Å²) in [5.41, 5.74) is 51.6. The van der Waals surface area contributed by atoms with E-state index in [1.807, 2.05) is 212 Å². The summed E-state index contributed by atoms with van der Waals surface area (Å²) in [5, 5.41) is 0. The summed E-state index contributed by atoms with van der Waals surface area (Å²) < 4.78 is 0. The lowest BCUT2D eigenvalue weighted by molar-refractivity contribution is 1.16. The average Bonchev–Trinajstić information content (AvgIpc) is 1.62. The Kier molecular flexibility index (Phi) is 42.5. The van der Waals surface area contributed by atoms with Crippen LogP contribution in [-0.4, -0.2) is 0 Å². The van der Waals surface area contributed by atoms with E-state index in [1.54, 1.807) is 0 Å². The van der Waals surface area contributed by atoms with Crippen molar-refractivity contribution >= 4 is 0 Å². The molecule has 0 heterocycles.